The number of carbonyl (C=O) groups excluding carboxylic acids is 2. The predicted octanol–water partition coefficient (Wildman–Crippen LogP) is 2.76. The molecule has 2 aliphatic carbocycles. The van der Waals surface area contributed by atoms with Gasteiger partial charge in [0.05, 0.1) is 23.7 Å². The van der Waals surface area contributed by atoms with Crippen molar-refractivity contribution >= 4 is 18.0 Å². The molecule has 0 unspecified atom stereocenters. The molecule has 130 valence electrons. The van der Waals surface area contributed by atoms with Crippen LogP contribution in [-0.2, 0) is 9.59 Å². The molecule has 2 bridgehead atoms. The van der Waals surface area contributed by atoms with Crippen LogP contribution in [0.5, 0.6) is 0 Å². The molecule has 2 aromatic rings. The zero-order valence-electron chi connectivity index (χ0n) is 13.8. The molecule has 26 heavy (non-hydrogen) atoms. The van der Waals surface area contributed by atoms with Crippen LogP contribution in [0.3, 0.4) is 0 Å². The molecule has 0 spiro atoms. The standard InChI is InChI=1S/C20H16FN3O2/c21-14-5-7-15(8-6-14)23-9-1-2-16(23)11-22-24-19(25)17-12-3-4-13(10-12)18(17)20(24)26/h1-9,11-13,17-18H,10H2/t12-,13-,17-,18+/m0/s1. The van der Waals surface area contributed by atoms with Crippen LogP contribution in [0.25, 0.3) is 5.69 Å². The number of hydrogen-bond donors (Lipinski definition) is 0. The molecule has 5 rings (SSSR count). The number of amides is 2. The normalized spacial score (nSPS) is 29.3. The Labute approximate surface area is 149 Å². The van der Waals surface area contributed by atoms with Gasteiger partial charge in [0.2, 0.25) is 0 Å². The van der Waals surface area contributed by atoms with E-state index in [1.54, 1.807) is 12.1 Å². The quantitative estimate of drug-likeness (QED) is 0.486. The first-order valence-electron chi connectivity index (χ1n) is 8.67. The second-order valence-corrected chi connectivity index (χ2v) is 7.01. The van der Waals surface area contributed by atoms with Gasteiger partial charge in [-0.2, -0.15) is 10.1 Å². The van der Waals surface area contributed by atoms with E-state index >= 15 is 0 Å². The van der Waals surface area contributed by atoms with Crippen LogP contribution >= 0.6 is 0 Å². The van der Waals surface area contributed by atoms with Crippen LogP contribution in [-0.4, -0.2) is 27.6 Å². The van der Waals surface area contributed by atoms with Gasteiger partial charge in [-0.25, -0.2) is 4.39 Å². The Balaban J connectivity index is 1.42. The highest BCUT2D eigenvalue weighted by atomic mass is 19.1. The van der Waals surface area contributed by atoms with Crippen LogP contribution in [0.4, 0.5) is 4.39 Å². The van der Waals surface area contributed by atoms with Crippen molar-refractivity contribution in [2.24, 2.45) is 28.8 Å². The molecule has 1 saturated heterocycles. The summed E-state index contributed by atoms with van der Waals surface area (Å²) in [7, 11) is 0. The van der Waals surface area contributed by atoms with E-state index in [4.69, 9.17) is 0 Å². The Morgan fingerprint density at radius 3 is 2.31 bits per heavy atom. The molecule has 3 aliphatic rings. The van der Waals surface area contributed by atoms with Gasteiger partial charge in [0, 0.05) is 11.9 Å². The fraction of sp³-hybridized carbons (Fsp3) is 0.250. The molecule has 5 nitrogen and oxygen atoms in total. The zero-order valence-corrected chi connectivity index (χ0v) is 13.8. The van der Waals surface area contributed by atoms with Gasteiger partial charge in [0.25, 0.3) is 11.8 Å². The predicted molar refractivity (Wildman–Crippen MR) is 92.9 cm³/mol. The molecule has 4 atom stereocenters. The third-order valence-corrected chi connectivity index (χ3v) is 5.64. The average Bonchev–Trinajstić information content (AvgIpc) is 3.40. The van der Waals surface area contributed by atoms with E-state index in [1.807, 2.05) is 22.9 Å². The summed E-state index contributed by atoms with van der Waals surface area (Å²) in [4.78, 5) is 25.3. The molecule has 1 saturated carbocycles. The maximum atomic E-state index is 13.1. The number of nitrogens with zero attached hydrogens (tertiary/aromatic N) is 3. The molecule has 2 heterocycles. The third kappa shape index (κ3) is 2.11. The molecule has 1 aliphatic heterocycles. The maximum absolute atomic E-state index is 13.1. The highest BCUT2D eigenvalue weighted by Gasteiger charge is 2.59. The molecule has 1 aromatic carbocycles. The van der Waals surface area contributed by atoms with Gasteiger partial charge in [-0.05, 0) is 54.7 Å². The van der Waals surface area contributed by atoms with Crippen LogP contribution in [0.1, 0.15) is 12.1 Å². The Kier molecular flexibility index (Phi) is 3.22. The zero-order chi connectivity index (χ0) is 17.8. The topological polar surface area (TPSA) is 54.7 Å². The van der Waals surface area contributed by atoms with E-state index in [2.05, 4.69) is 17.3 Å². The number of allylic oxidation sites excluding steroid dienone is 2. The molecule has 6 heteroatoms. The largest absolute Gasteiger partial charge is 0.316 e. The van der Waals surface area contributed by atoms with Crippen molar-refractivity contribution in [2.75, 3.05) is 0 Å². The number of hydrogen-bond acceptors (Lipinski definition) is 3. The fourth-order valence-electron chi connectivity index (χ4n) is 4.45. The summed E-state index contributed by atoms with van der Waals surface area (Å²) in [6, 6.07) is 9.74. The van der Waals surface area contributed by atoms with Crippen molar-refractivity contribution in [2.45, 2.75) is 6.42 Å². The van der Waals surface area contributed by atoms with Crippen molar-refractivity contribution in [3.63, 3.8) is 0 Å². The summed E-state index contributed by atoms with van der Waals surface area (Å²) in [5, 5.41) is 5.23. The Bertz CT molecular complexity index is 930. The molecule has 0 N–H and O–H groups in total. The number of fused-ring (bicyclic) bond motifs is 5. The smallest absolute Gasteiger partial charge is 0.254 e. The number of aromatic nitrogens is 1. The van der Waals surface area contributed by atoms with Crippen molar-refractivity contribution in [3.05, 3.63) is 66.3 Å². The summed E-state index contributed by atoms with van der Waals surface area (Å²) in [5.41, 5.74) is 1.48. The lowest BCUT2D eigenvalue weighted by atomic mass is 9.85. The molecule has 2 amide bonds. The van der Waals surface area contributed by atoms with Crippen LogP contribution in [0, 0.1) is 29.5 Å². The van der Waals surface area contributed by atoms with E-state index in [-0.39, 0.29) is 41.3 Å². The SMILES string of the molecule is O=C1[C@@H]2[C@H](C(=O)N1N=Cc1cccn1-c1ccc(F)cc1)[C@H]1C=C[C@H]2C1. The Morgan fingerprint density at radius 1 is 1.00 bits per heavy atom. The molecule has 2 fully saturated rings. The summed E-state index contributed by atoms with van der Waals surface area (Å²) < 4.78 is 14.9. The number of rotatable bonds is 3. The number of carbonyl (C=O) groups is 2. The first-order chi connectivity index (χ1) is 12.6. The number of imide groups is 1. The minimum Gasteiger partial charge on any atom is -0.316 e. The minimum atomic E-state index is -0.306. The maximum Gasteiger partial charge on any atom is 0.254 e. The Morgan fingerprint density at radius 2 is 1.65 bits per heavy atom. The average molecular weight is 349 g/mol. The van der Waals surface area contributed by atoms with Gasteiger partial charge in [0.1, 0.15) is 5.82 Å². The van der Waals surface area contributed by atoms with Gasteiger partial charge in [-0.15, -0.1) is 0 Å². The lowest BCUT2D eigenvalue weighted by Crippen LogP contribution is -2.28. The van der Waals surface area contributed by atoms with Crippen molar-refractivity contribution in [1.29, 1.82) is 0 Å². The van der Waals surface area contributed by atoms with Crippen LogP contribution < -0.4 is 0 Å². The van der Waals surface area contributed by atoms with Gasteiger partial charge in [-0.1, -0.05) is 12.2 Å². The summed E-state index contributed by atoms with van der Waals surface area (Å²) in [5.74, 6) is -0.869. The van der Waals surface area contributed by atoms with Gasteiger partial charge < -0.3 is 4.57 Å². The first-order valence-corrected chi connectivity index (χ1v) is 8.67. The van der Waals surface area contributed by atoms with E-state index in [0.29, 0.717) is 5.69 Å². The number of hydrazone groups is 1. The first kappa shape index (κ1) is 15.3. The monoisotopic (exact) mass is 349 g/mol. The van der Waals surface area contributed by atoms with E-state index in [9.17, 15) is 14.0 Å². The van der Waals surface area contributed by atoms with E-state index in [0.717, 1.165) is 17.1 Å². The van der Waals surface area contributed by atoms with Gasteiger partial charge in [0.15, 0.2) is 0 Å². The summed E-state index contributed by atoms with van der Waals surface area (Å²) >= 11 is 0. The second kappa shape index (κ2) is 5.49. The van der Waals surface area contributed by atoms with Crippen molar-refractivity contribution in [3.8, 4) is 5.69 Å². The minimum absolute atomic E-state index is 0.171. The Hall–Kier alpha value is -3.02. The molecular weight excluding hydrogens is 333 g/mol. The lowest BCUT2D eigenvalue weighted by molar-refractivity contribution is -0.140. The fourth-order valence-corrected chi connectivity index (χ4v) is 4.45. The number of halogens is 1. The van der Waals surface area contributed by atoms with E-state index < -0.39 is 0 Å². The molecule has 1 aromatic heterocycles. The summed E-state index contributed by atoms with van der Waals surface area (Å²) in [6.07, 6.45) is 8.35. The van der Waals surface area contributed by atoms with Gasteiger partial charge >= 0.3 is 0 Å². The van der Waals surface area contributed by atoms with Crippen LogP contribution in [0.2, 0.25) is 0 Å². The van der Waals surface area contributed by atoms with Crippen molar-refractivity contribution < 1.29 is 14.0 Å². The molecular formula is C20H16FN3O2. The van der Waals surface area contributed by atoms with Gasteiger partial charge in [-0.3, -0.25) is 9.59 Å². The lowest BCUT2D eigenvalue weighted by Gasteiger charge is -2.13. The number of benzene rings is 1. The van der Waals surface area contributed by atoms with E-state index in [1.165, 1.54) is 18.3 Å². The van der Waals surface area contributed by atoms with Crippen LogP contribution in [0.15, 0.2) is 59.8 Å². The third-order valence-electron chi connectivity index (χ3n) is 5.64. The highest BCUT2D eigenvalue weighted by Crippen LogP contribution is 2.52. The van der Waals surface area contributed by atoms with Crippen molar-refractivity contribution in [1.82, 2.24) is 9.58 Å². The molecule has 0 radical (unpaired) electrons. The second-order valence-electron chi connectivity index (χ2n) is 7.01. The summed E-state index contributed by atoms with van der Waals surface area (Å²) in [6.45, 7) is 0. The highest BCUT2D eigenvalue weighted by molar-refractivity contribution is 6.06.